The molecule has 1 heterocycles. The molecule has 6 N–H and O–H groups in total. The molecule has 250 valence electrons. The molecular formula is C36H58O8. The van der Waals surface area contributed by atoms with Crippen LogP contribution in [0.2, 0.25) is 0 Å². The lowest BCUT2D eigenvalue weighted by atomic mass is 9.33. The number of fused-ring (bicyclic) bond motifs is 7. The number of carbonyl (C=O) groups is 1. The van der Waals surface area contributed by atoms with Crippen molar-refractivity contribution in [1.82, 2.24) is 0 Å². The third-order valence-electron chi connectivity index (χ3n) is 15.5. The molecule has 44 heavy (non-hydrogen) atoms. The van der Waals surface area contributed by atoms with E-state index in [1.807, 2.05) is 0 Å². The number of carboxylic acids is 1. The Bertz CT molecular complexity index is 1200. The molecule has 5 aliphatic carbocycles. The van der Waals surface area contributed by atoms with Crippen LogP contribution in [0.25, 0.3) is 0 Å². The number of ether oxygens (including phenoxy) is 1. The zero-order valence-electron chi connectivity index (χ0n) is 27.9. The van der Waals surface area contributed by atoms with Crippen LogP contribution in [0.4, 0.5) is 0 Å². The first-order valence-corrected chi connectivity index (χ1v) is 17.3. The topological polar surface area (TPSA) is 148 Å². The SMILES string of the molecule is CC1(C)CC[C@]2(C(O)[C@@H]3OC(C(=O)O)[C@@H](O)C(O)C3O)CC[C@]3(C)C(=CCC4[C@@]5(C)CC[C@H](O)C(C)(C)C5CC[C@]43C)C2C1. The van der Waals surface area contributed by atoms with E-state index in [1.165, 1.54) is 5.57 Å². The van der Waals surface area contributed by atoms with E-state index < -0.39 is 48.0 Å². The molecule has 4 saturated carbocycles. The number of aliphatic hydroxyl groups is 5. The maximum Gasteiger partial charge on any atom is 0.335 e. The Morgan fingerprint density at radius 1 is 0.841 bits per heavy atom. The molecule has 8 heteroatoms. The van der Waals surface area contributed by atoms with Crippen LogP contribution in [0, 0.1) is 50.2 Å². The van der Waals surface area contributed by atoms with Gasteiger partial charge >= 0.3 is 5.97 Å². The highest BCUT2D eigenvalue weighted by Gasteiger charge is 2.69. The summed E-state index contributed by atoms with van der Waals surface area (Å²) in [5, 5.41) is 65.0. The Morgan fingerprint density at radius 2 is 1.50 bits per heavy atom. The average molecular weight is 619 g/mol. The Labute approximate surface area is 263 Å². The van der Waals surface area contributed by atoms with Gasteiger partial charge in [0.2, 0.25) is 0 Å². The first kappa shape index (κ1) is 32.9. The minimum absolute atomic E-state index is 0.0241. The number of aliphatic hydroxyl groups excluding tert-OH is 5. The molecule has 6 rings (SSSR count). The zero-order chi connectivity index (χ0) is 32.4. The van der Waals surface area contributed by atoms with Gasteiger partial charge in [-0.3, -0.25) is 0 Å². The summed E-state index contributed by atoms with van der Waals surface area (Å²) in [6.07, 6.45) is 2.01. The second-order valence-corrected chi connectivity index (χ2v) is 18.1. The van der Waals surface area contributed by atoms with E-state index in [0.29, 0.717) is 18.3 Å². The standard InChI is InChI=1S/C36H58O8/c1-31(2)14-16-36(29(41)27-25(39)24(38)26(40)28(44-27)30(42)43)17-15-34(6)19(20(36)18-31)8-9-22-33(5)12-11-23(37)32(3,4)21(33)10-13-35(22,34)7/h8,20-29,37-41H,9-18H2,1-7H3,(H,42,43)/t20?,21?,22?,23-,24?,25?,26-,27+,28?,29?,33-,34+,35+,36-/m0/s1. The number of rotatable bonds is 3. The summed E-state index contributed by atoms with van der Waals surface area (Å²) in [5.74, 6) is -0.453. The Kier molecular flexibility index (Phi) is 7.65. The summed E-state index contributed by atoms with van der Waals surface area (Å²) >= 11 is 0. The molecule has 0 aromatic heterocycles. The van der Waals surface area contributed by atoms with Gasteiger partial charge in [0.25, 0.3) is 0 Å². The second kappa shape index (κ2) is 10.2. The lowest BCUT2D eigenvalue weighted by Gasteiger charge is -2.72. The fourth-order valence-corrected chi connectivity index (χ4v) is 12.5. The van der Waals surface area contributed by atoms with Gasteiger partial charge in [-0.05, 0) is 109 Å². The molecule has 0 amide bonds. The molecule has 7 unspecified atom stereocenters. The maximum atomic E-state index is 12.3. The van der Waals surface area contributed by atoms with E-state index in [4.69, 9.17) is 4.74 Å². The van der Waals surface area contributed by atoms with Crippen molar-refractivity contribution in [3.05, 3.63) is 11.6 Å². The second-order valence-electron chi connectivity index (χ2n) is 18.1. The Hall–Kier alpha value is -1.03. The Balaban J connectivity index is 1.40. The number of allylic oxidation sites excluding steroid dienone is 2. The van der Waals surface area contributed by atoms with E-state index >= 15 is 0 Å². The smallest absolute Gasteiger partial charge is 0.335 e. The fourth-order valence-electron chi connectivity index (χ4n) is 12.5. The molecule has 5 fully saturated rings. The summed E-state index contributed by atoms with van der Waals surface area (Å²) in [5.41, 5.74) is 0.787. The van der Waals surface area contributed by atoms with Gasteiger partial charge < -0.3 is 35.4 Å². The summed E-state index contributed by atoms with van der Waals surface area (Å²) in [6, 6.07) is 0. The predicted octanol–water partition coefficient (Wildman–Crippen LogP) is 4.44. The highest BCUT2D eigenvalue weighted by atomic mass is 16.6. The lowest BCUT2D eigenvalue weighted by Crippen LogP contribution is -2.68. The van der Waals surface area contributed by atoms with Crippen molar-refractivity contribution in [3.63, 3.8) is 0 Å². The third kappa shape index (κ3) is 4.26. The van der Waals surface area contributed by atoms with Crippen molar-refractivity contribution >= 4 is 5.97 Å². The van der Waals surface area contributed by atoms with Gasteiger partial charge in [-0.25, -0.2) is 4.79 Å². The molecule has 8 nitrogen and oxygen atoms in total. The fraction of sp³-hybridized carbons (Fsp3) is 0.917. The molecule has 6 aliphatic rings. The molecule has 1 aliphatic heterocycles. The van der Waals surface area contributed by atoms with E-state index in [2.05, 4.69) is 54.5 Å². The van der Waals surface area contributed by atoms with Crippen LogP contribution in [-0.4, -0.2) is 79.3 Å². The van der Waals surface area contributed by atoms with Crippen molar-refractivity contribution in [2.75, 3.05) is 0 Å². The monoisotopic (exact) mass is 618 g/mol. The van der Waals surface area contributed by atoms with Crippen LogP contribution in [-0.2, 0) is 9.53 Å². The molecule has 0 aromatic rings. The van der Waals surface area contributed by atoms with Gasteiger partial charge in [-0.15, -0.1) is 0 Å². The van der Waals surface area contributed by atoms with Crippen molar-refractivity contribution < 1.29 is 40.2 Å². The van der Waals surface area contributed by atoms with Crippen LogP contribution in [0.15, 0.2) is 11.6 Å². The number of carboxylic acid groups (broad SMARTS) is 1. The highest BCUT2D eigenvalue weighted by molar-refractivity contribution is 5.73. The van der Waals surface area contributed by atoms with Crippen LogP contribution < -0.4 is 0 Å². The van der Waals surface area contributed by atoms with Crippen LogP contribution in [0.3, 0.4) is 0 Å². The average Bonchev–Trinajstić information content (AvgIpc) is 2.93. The maximum absolute atomic E-state index is 12.3. The first-order valence-electron chi connectivity index (χ1n) is 17.3. The van der Waals surface area contributed by atoms with Crippen molar-refractivity contribution in [1.29, 1.82) is 0 Å². The highest BCUT2D eigenvalue weighted by Crippen LogP contribution is 2.76. The van der Waals surface area contributed by atoms with Crippen LogP contribution in [0.1, 0.15) is 113 Å². The van der Waals surface area contributed by atoms with Gasteiger partial charge in [0, 0.05) is 5.41 Å². The minimum Gasteiger partial charge on any atom is -0.479 e. The van der Waals surface area contributed by atoms with Crippen molar-refractivity contribution in [2.45, 2.75) is 155 Å². The minimum atomic E-state index is -1.78. The first-order chi connectivity index (χ1) is 20.3. The molecule has 0 spiro atoms. The largest absolute Gasteiger partial charge is 0.479 e. The predicted molar refractivity (Wildman–Crippen MR) is 165 cm³/mol. The number of hydrogen-bond acceptors (Lipinski definition) is 7. The molecule has 0 bridgehead atoms. The summed E-state index contributed by atoms with van der Waals surface area (Å²) in [7, 11) is 0. The van der Waals surface area contributed by atoms with E-state index in [1.54, 1.807) is 0 Å². The van der Waals surface area contributed by atoms with Gasteiger partial charge in [-0.1, -0.05) is 60.1 Å². The molecule has 14 atom stereocenters. The summed E-state index contributed by atoms with van der Waals surface area (Å²) < 4.78 is 5.77. The Morgan fingerprint density at radius 3 is 2.16 bits per heavy atom. The van der Waals surface area contributed by atoms with Gasteiger partial charge in [0.15, 0.2) is 6.10 Å². The van der Waals surface area contributed by atoms with Gasteiger partial charge in [0.1, 0.15) is 24.4 Å². The van der Waals surface area contributed by atoms with E-state index in [0.717, 1.165) is 57.8 Å². The quantitative estimate of drug-likeness (QED) is 0.255. The normalized spacial score (nSPS) is 53.6. The van der Waals surface area contributed by atoms with Crippen molar-refractivity contribution in [3.8, 4) is 0 Å². The van der Waals surface area contributed by atoms with E-state index in [9.17, 15) is 35.4 Å². The van der Waals surface area contributed by atoms with Crippen LogP contribution >= 0.6 is 0 Å². The summed E-state index contributed by atoms with van der Waals surface area (Å²) in [4.78, 5) is 11.9. The van der Waals surface area contributed by atoms with Gasteiger partial charge in [0.05, 0.1) is 12.2 Å². The van der Waals surface area contributed by atoms with Gasteiger partial charge in [-0.2, -0.15) is 0 Å². The van der Waals surface area contributed by atoms with Crippen LogP contribution in [0.5, 0.6) is 0 Å². The lowest BCUT2D eigenvalue weighted by molar-refractivity contribution is -0.267. The number of aliphatic carboxylic acids is 1. The van der Waals surface area contributed by atoms with Crippen molar-refractivity contribution in [2.24, 2.45) is 50.2 Å². The third-order valence-corrected chi connectivity index (χ3v) is 15.5. The number of hydrogen-bond donors (Lipinski definition) is 6. The van der Waals surface area contributed by atoms with E-state index in [-0.39, 0.29) is 39.1 Å². The zero-order valence-corrected chi connectivity index (χ0v) is 27.9. The summed E-state index contributed by atoms with van der Waals surface area (Å²) in [6.45, 7) is 16.6. The molecular weight excluding hydrogens is 560 g/mol. The molecule has 0 radical (unpaired) electrons. The molecule has 0 aromatic carbocycles. The molecule has 1 saturated heterocycles.